The van der Waals surface area contributed by atoms with E-state index in [9.17, 15) is 0 Å². The molecular weight excluding hydrogens is 1700 g/mol. The maximum absolute atomic E-state index is 8.87. The number of hydrogen-bond acceptors (Lipinski definition) is 10. The highest BCUT2D eigenvalue weighted by Crippen LogP contribution is 2.45. The topological polar surface area (TPSA) is 150 Å². The van der Waals surface area contributed by atoms with Crippen LogP contribution in [0.1, 0.15) is 259 Å². The summed E-state index contributed by atoms with van der Waals surface area (Å²) < 4.78 is 231. The Labute approximate surface area is 847 Å². The summed E-state index contributed by atoms with van der Waals surface area (Å²) >= 11 is 0. The third kappa shape index (κ3) is 19.7. The Hall–Kier alpha value is -13.4. The van der Waals surface area contributed by atoms with Crippen LogP contribution < -0.4 is 22.8 Å². The molecule has 20 rings (SSSR count). The van der Waals surface area contributed by atoms with Gasteiger partial charge in [0.05, 0.1) is 27.8 Å². The molecule has 0 aliphatic rings. The lowest BCUT2D eigenvalue weighted by Crippen LogP contribution is -2.32. The second kappa shape index (κ2) is 38.2. The lowest BCUT2D eigenvalue weighted by atomic mass is 9.86. The molecule has 0 aliphatic heterocycles. The highest BCUT2D eigenvalue weighted by molar-refractivity contribution is 6.13. The number of rotatable bonds is 12. The van der Waals surface area contributed by atoms with Crippen LogP contribution in [0.2, 0.25) is 0 Å². The van der Waals surface area contributed by atoms with Gasteiger partial charge in [-0.1, -0.05) is 164 Å². The molecule has 0 spiro atoms. The highest BCUT2D eigenvalue weighted by atomic mass is 16.4. The molecule has 138 heavy (non-hydrogen) atoms. The Kier molecular flexibility index (Phi) is 19.9. The van der Waals surface area contributed by atoms with Crippen molar-refractivity contribution in [1.82, 2.24) is 24.9 Å². The van der Waals surface area contributed by atoms with Crippen LogP contribution in [0.3, 0.4) is 0 Å². The number of fused-ring (bicyclic) bond motifs is 15. The molecular formula is C123H141N10O5+5. The minimum atomic E-state index is -3.08. The van der Waals surface area contributed by atoms with Crippen LogP contribution in [0.25, 0.3) is 167 Å². The fourth-order valence-electron chi connectivity index (χ4n) is 18.5. The first-order valence-electron chi connectivity index (χ1n) is 58.3. The van der Waals surface area contributed by atoms with Crippen molar-refractivity contribution < 1.29 is 76.4 Å². The number of furan rings is 5. The maximum Gasteiger partial charge on any atom is 0.227 e. The molecule has 1 unspecified atom stereocenters. The van der Waals surface area contributed by atoms with Crippen LogP contribution in [0.15, 0.2) is 205 Å². The van der Waals surface area contributed by atoms with E-state index in [2.05, 4.69) is 106 Å². The normalized spacial score (nSPS) is 15.9. The van der Waals surface area contributed by atoms with Crippen molar-refractivity contribution in [2.45, 2.75) is 237 Å². The first-order chi connectivity index (χ1) is 74.2. The van der Waals surface area contributed by atoms with E-state index in [1.54, 1.807) is 93.9 Å². The van der Waals surface area contributed by atoms with Gasteiger partial charge in [-0.2, -0.15) is 0 Å². The molecule has 15 heteroatoms. The van der Waals surface area contributed by atoms with Gasteiger partial charge in [0, 0.05) is 172 Å². The monoisotopic (exact) mass is 1860 g/mol. The van der Waals surface area contributed by atoms with Crippen molar-refractivity contribution in [3.8, 4) is 56.3 Å². The van der Waals surface area contributed by atoms with Crippen molar-refractivity contribution >= 4 is 110 Å². The van der Waals surface area contributed by atoms with Gasteiger partial charge in [-0.05, 0) is 266 Å². The minimum Gasteiger partial charge on any atom is -0.437 e. The first kappa shape index (κ1) is 72.0. The van der Waals surface area contributed by atoms with Gasteiger partial charge in [0.15, 0.2) is 58.9 Å². The van der Waals surface area contributed by atoms with E-state index in [0.717, 1.165) is 190 Å². The van der Waals surface area contributed by atoms with E-state index >= 15 is 0 Å². The second-order valence-electron chi connectivity index (χ2n) is 39.6. The summed E-state index contributed by atoms with van der Waals surface area (Å²) in [6.07, 6.45) is -0.742. The van der Waals surface area contributed by atoms with Gasteiger partial charge in [0.25, 0.3) is 0 Å². The molecule has 0 amide bonds. The molecule has 0 bridgehead atoms. The molecule has 0 N–H and O–H groups in total. The SMILES string of the molecule is [2H]C([2H])(C)c1cc(-c2c(C)ccc3c2oc2nc(C)ccc23)[n+](C)cc1C(C)C.[2H]C([2H])(C)c1cc(-c2c(C)ccc3c2oc2nc(C)ccc23)[n+](C)cc1C([2H])(C)C([2H])([2H])[2H].[2H]C([2H])([2H])C(C)(C([2H])([2H])[2H])C([2H])([2H])c1c[n+](C)c(-c2c(C)ccc3c2oc2nc(C)ccc23)cc1C.[2H]C([2H])([2H])c1c[n+](C)c(-c2c(C)ccc3c2oc2nc(C)ccc23)cc1C([2H])([2H])C(C)(C)C.[2H]C([2H])(c1c[n+](C)c(-c2c(C)ccc3c2oc2nc(C)ccc23)cc1C)C(C)(C)C. The van der Waals surface area contributed by atoms with Gasteiger partial charge in [-0.3, -0.25) is 0 Å². The number of aromatic nitrogens is 10. The zero-order valence-electron chi connectivity index (χ0n) is 108. The highest BCUT2D eigenvalue weighted by Gasteiger charge is 2.32. The lowest BCUT2D eigenvalue weighted by Gasteiger charge is -2.19. The number of benzene rings is 5. The van der Waals surface area contributed by atoms with Crippen molar-refractivity contribution in [2.75, 3.05) is 0 Å². The number of pyridine rings is 10. The fraction of sp³-hybridized carbons (Fsp3) is 0.350. The third-order valence-electron chi connectivity index (χ3n) is 25.3. The minimum absolute atomic E-state index is 0.00947. The van der Waals surface area contributed by atoms with E-state index in [1.807, 2.05) is 199 Å². The molecule has 0 radical (unpaired) electrons. The Morgan fingerprint density at radius 3 is 0.826 bits per heavy atom. The molecule has 0 aliphatic carbocycles. The van der Waals surface area contributed by atoms with Gasteiger partial charge in [-0.15, -0.1) is 0 Å². The molecule has 15 aromatic heterocycles. The zero-order chi connectivity index (χ0) is 119. The molecule has 20 aromatic rings. The zero-order valence-corrected chi connectivity index (χ0v) is 84.9. The average Bonchev–Trinajstić information content (AvgIpc) is 1.57. The smallest absolute Gasteiger partial charge is 0.227 e. The van der Waals surface area contributed by atoms with Crippen molar-refractivity contribution in [3.63, 3.8) is 0 Å². The van der Waals surface area contributed by atoms with Crippen LogP contribution in [0.4, 0.5) is 0 Å². The lowest BCUT2D eigenvalue weighted by molar-refractivity contribution is -0.661. The van der Waals surface area contributed by atoms with Crippen molar-refractivity contribution in [2.24, 2.45) is 51.5 Å². The molecule has 1 atom stereocenters. The summed E-state index contributed by atoms with van der Waals surface area (Å²) in [6.45, 7) is 32.7. The van der Waals surface area contributed by atoms with E-state index < -0.39 is 81.4 Å². The van der Waals surface area contributed by atoms with E-state index in [-0.39, 0.29) is 33.7 Å². The van der Waals surface area contributed by atoms with Crippen LogP contribution >= 0.6 is 0 Å². The second-order valence-corrected chi connectivity index (χ2v) is 39.6. The average molecular weight is 1860 g/mol. The summed E-state index contributed by atoms with van der Waals surface area (Å²) in [5.41, 5.74) is 24.6. The molecule has 708 valence electrons. The third-order valence-corrected chi connectivity index (χ3v) is 25.3. The summed E-state index contributed by atoms with van der Waals surface area (Å²) in [7, 11) is 9.26. The summed E-state index contributed by atoms with van der Waals surface area (Å²) in [6, 6.07) is 49.3. The van der Waals surface area contributed by atoms with Crippen LogP contribution in [-0.2, 0) is 67.1 Å². The Morgan fingerprint density at radius 1 is 0.297 bits per heavy atom. The summed E-state index contributed by atoms with van der Waals surface area (Å²) in [4.78, 5) is 22.7. The molecule has 0 fully saturated rings. The number of nitrogens with zero attached hydrogens (tertiary/aromatic N) is 10. The quantitative estimate of drug-likeness (QED) is 0.108. The molecule has 5 aromatic carbocycles. The predicted molar refractivity (Wildman–Crippen MR) is 569 cm³/mol. The predicted octanol–water partition coefficient (Wildman–Crippen LogP) is 29.5. The van der Waals surface area contributed by atoms with Gasteiger partial charge >= 0.3 is 0 Å². The largest absolute Gasteiger partial charge is 0.437 e. The van der Waals surface area contributed by atoms with E-state index in [4.69, 9.17) is 53.6 Å². The standard InChI is InChI=1S/3C25H29N2O.2C24H27N2O/c1-15-8-10-19-20-11-9-17(3)26-24(20)28-23(19)22(15)21-12-18(13-25(4,5)6)16(2)14-27(21)7;2*1-15-8-10-19-20-11-9-17(3)26-24(20)28-23(19)22(15)21-12-16(2)18(14-27(21)7)13-25(4,5)6;2*1-7-17-12-21(26(6)13-20(17)14(2)3)22-15(4)8-10-18-19-11-9-16(5)25-24(19)27-23(18)22/h3*8-12,14H,13H2,1-7H3;2*8-14H,7H2,1-6H3/q5*+1/i2D3,13D2;4D3,5D3,13D2;13D2;2D3,7D2,14D;7D2. The van der Waals surface area contributed by atoms with Gasteiger partial charge in [0.2, 0.25) is 57.0 Å². The van der Waals surface area contributed by atoms with E-state index in [0.29, 0.717) is 67.8 Å². The Balaban J connectivity index is 0.000000142. The fourth-order valence-corrected chi connectivity index (χ4v) is 18.5. The van der Waals surface area contributed by atoms with Crippen LogP contribution in [-0.4, -0.2) is 24.9 Å². The Morgan fingerprint density at radius 2 is 0.551 bits per heavy atom. The van der Waals surface area contributed by atoms with Gasteiger partial charge in [0.1, 0.15) is 35.2 Å². The van der Waals surface area contributed by atoms with Gasteiger partial charge < -0.3 is 22.1 Å². The van der Waals surface area contributed by atoms with Crippen LogP contribution in [0.5, 0.6) is 0 Å². The molecule has 15 nitrogen and oxygen atoms in total. The van der Waals surface area contributed by atoms with E-state index in [1.165, 1.54) is 26.2 Å². The van der Waals surface area contributed by atoms with Gasteiger partial charge in [-0.25, -0.2) is 47.8 Å². The van der Waals surface area contributed by atoms with Crippen LogP contribution in [0, 0.1) is 106 Å². The number of aryl methyl sites for hydroxylation is 20. The maximum atomic E-state index is 8.87. The van der Waals surface area contributed by atoms with Crippen molar-refractivity contribution in [1.29, 1.82) is 0 Å². The Bertz CT molecular complexity index is 9280. The molecule has 15 heterocycles. The summed E-state index contributed by atoms with van der Waals surface area (Å²) in [5.74, 6) is -1.75. The summed E-state index contributed by atoms with van der Waals surface area (Å²) in [5, 5.41) is 9.48. The molecule has 0 saturated carbocycles. The number of hydrogen-bond donors (Lipinski definition) is 0. The first-order valence-corrected chi connectivity index (χ1v) is 46.8. The van der Waals surface area contributed by atoms with Crippen molar-refractivity contribution in [3.05, 3.63) is 295 Å². The molecule has 0 saturated heterocycles.